The van der Waals surface area contributed by atoms with E-state index >= 15 is 0 Å². The quantitative estimate of drug-likeness (QED) is 0.381. The van der Waals surface area contributed by atoms with Crippen molar-refractivity contribution in [2.45, 2.75) is 46.2 Å². The van der Waals surface area contributed by atoms with E-state index in [0.29, 0.717) is 18.7 Å². The number of fused-ring (bicyclic) bond motifs is 1. The molecule has 3 aromatic heterocycles. The molecule has 1 aromatic carbocycles. The number of hydrogen-bond acceptors (Lipinski definition) is 5. The number of aromatic nitrogens is 3. The van der Waals surface area contributed by atoms with E-state index in [4.69, 9.17) is 10.2 Å². The Labute approximate surface area is 189 Å². The summed E-state index contributed by atoms with van der Waals surface area (Å²) in [5, 5.41) is 0.971. The molecule has 0 bridgehead atoms. The van der Waals surface area contributed by atoms with Crippen LogP contribution in [0.15, 0.2) is 56.8 Å². The predicted octanol–water partition coefficient (Wildman–Crippen LogP) is 3.08. The zero-order valence-electron chi connectivity index (χ0n) is 18.7. The Morgan fingerprint density at radius 2 is 2.03 bits per heavy atom. The largest absolute Gasteiger partial charge is 0.467 e. The Morgan fingerprint density at radius 1 is 1.21 bits per heavy atom. The highest BCUT2D eigenvalue weighted by Crippen LogP contribution is 2.25. The first-order valence-electron chi connectivity index (χ1n) is 10.9. The molecular weight excluding hydrogens is 422 g/mol. The summed E-state index contributed by atoms with van der Waals surface area (Å²) >= 11 is 0. The Hall–Kier alpha value is -4.01. The van der Waals surface area contributed by atoms with Gasteiger partial charge in [-0.2, -0.15) is 0 Å². The summed E-state index contributed by atoms with van der Waals surface area (Å²) in [5.74, 6) is 0.115. The fourth-order valence-electron chi connectivity index (χ4n) is 4.08. The molecule has 0 aliphatic carbocycles. The van der Waals surface area contributed by atoms with Crippen LogP contribution in [0.2, 0.25) is 0 Å². The normalized spacial score (nSPS) is 11.2. The molecule has 172 valence electrons. The number of rotatable bonds is 8. The van der Waals surface area contributed by atoms with Gasteiger partial charge in [0.25, 0.3) is 5.56 Å². The van der Waals surface area contributed by atoms with Crippen LogP contribution in [0, 0.1) is 6.92 Å². The topological polar surface area (TPSA) is 130 Å². The molecule has 1 amide bonds. The van der Waals surface area contributed by atoms with Crippen LogP contribution in [-0.2, 0) is 24.3 Å². The van der Waals surface area contributed by atoms with Crippen LogP contribution < -0.4 is 21.9 Å². The summed E-state index contributed by atoms with van der Waals surface area (Å²) in [6, 6.07) is 9.30. The summed E-state index contributed by atoms with van der Waals surface area (Å²) in [5.41, 5.74) is 7.73. The van der Waals surface area contributed by atoms with Gasteiger partial charge in [0.2, 0.25) is 5.91 Å². The number of carbonyl (C=O) groups is 1. The van der Waals surface area contributed by atoms with Gasteiger partial charge in [-0.25, -0.2) is 4.79 Å². The highest BCUT2D eigenvalue weighted by Gasteiger charge is 2.26. The van der Waals surface area contributed by atoms with Crippen molar-refractivity contribution in [2.75, 3.05) is 10.6 Å². The van der Waals surface area contributed by atoms with Crippen LogP contribution in [0.4, 0.5) is 11.5 Å². The molecule has 0 unspecified atom stereocenters. The molecule has 9 nitrogen and oxygen atoms in total. The number of nitrogens with one attached hydrogen (secondary N) is 2. The lowest BCUT2D eigenvalue weighted by Crippen LogP contribution is -2.41. The fraction of sp³-hybridized carbons (Fsp3) is 0.292. The van der Waals surface area contributed by atoms with Crippen molar-refractivity contribution in [3.05, 3.63) is 80.5 Å². The number of nitrogens with two attached hydrogens (primary N) is 1. The molecule has 0 aliphatic rings. The van der Waals surface area contributed by atoms with Gasteiger partial charge in [0.05, 0.1) is 19.2 Å². The van der Waals surface area contributed by atoms with Gasteiger partial charge < -0.3 is 15.1 Å². The summed E-state index contributed by atoms with van der Waals surface area (Å²) < 4.78 is 6.74. The van der Waals surface area contributed by atoms with E-state index in [2.05, 4.69) is 9.97 Å². The number of furan rings is 1. The standard InChI is InChI=1S/C24H27N5O4/c1-3-4-10-28-22(25)21(23(31)27-24(28)32)29(14-17-8-6-11-33-17)19(30)12-16-13-26-18-9-5-7-15(2)20(16)18/h5-9,11,13,26H,3-4,10,12,14,25H2,1-2H3,(H,27,31,32). The van der Waals surface area contributed by atoms with Crippen molar-refractivity contribution in [1.29, 1.82) is 0 Å². The molecule has 4 N–H and O–H groups in total. The number of nitrogen functional groups attached to an aromatic ring is 1. The van der Waals surface area contributed by atoms with E-state index in [1.807, 2.05) is 32.0 Å². The number of hydrogen-bond donors (Lipinski definition) is 3. The fourth-order valence-corrected chi connectivity index (χ4v) is 4.08. The molecule has 9 heteroatoms. The lowest BCUT2D eigenvalue weighted by atomic mass is 10.0. The van der Waals surface area contributed by atoms with Gasteiger partial charge in [-0.15, -0.1) is 0 Å². The van der Waals surface area contributed by atoms with Crippen LogP contribution in [0.5, 0.6) is 0 Å². The SMILES string of the molecule is CCCCn1c(N)c(N(Cc2ccco2)C(=O)Cc2c[nH]c3cccc(C)c23)c(=O)[nH]c1=O. The molecule has 0 aliphatic heterocycles. The predicted molar refractivity (Wildman–Crippen MR) is 127 cm³/mol. The lowest BCUT2D eigenvalue weighted by Gasteiger charge is -2.24. The second kappa shape index (κ2) is 9.23. The average molecular weight is 450 g/mol. The number of amides is 1. The molecule has 0 spiro atoms. The minimum absolute atomic E-state index is 0.00638. The maximum absolute atomic E-state index is 13.6. The molecular formula is C24H27N5O4. The van der Waals surface area contributed by atoms with E-state index in [9.17, 15) is 14.4 Å². The smallest absolute Gasteiger partial charge is 0.330 e. The van der Waals surface area contributed by atoms with Crippen molar-refractivity contribution >= 4 is 28.3 Å². The summed E-state index contributed by atoms with van der Waals surface area (Å²) in [4.78, 5) is 45.6. The van der Waals surface area contributed by atoms with E-state index in [1.165, 1.54) is 15.7 Å². The van der Waals surface area contributed by atoms with Crippen LogP contribution in [-0.4, -0.2) is 20.4 Å². The number of nitrogens with zero attached hydrogens (tertiary/aromatic N) is 2. The van der Waals surface area contributed by atoms with Crippen molar-refractivity contribution in [2.24, 2.45) is 0 Å². The molecule has 4 aromatic rings. The zero-order valence-corrected chi connectivity index (χ0v) is 18.7. The maximum Gasteiger partial charge on any atom is 0.330 e. The third-order valence-electron chi connectivity index (χ3n) is 5.75. The third-order valence-corrected chi connectivity index (χ3v) is 5.75. The van der Waals surface area contributed by atoms with Crippen molar-refractivity contribution in [3.63, 3.8) is 0 Å². The minimum Gasteiger partial charge on any atom is -0.467 e. The van der Waals surface area contributed by atoms with Gasteiger partial charge in [-0.1, -0.05) is 25.5 Å². The number of unbranched alkanes of at least 4 members (excludes halogenated alkanes) is 1. The highest BCUT2D eigenvalue weighted by molar-refractivity contribution is 5.99. The Balaban J connectivity index is 1.78. The van der Waals surface area contributed by atoms with Gasteiger partial charge in [-0.05, 0) is 42.7 Å². The van der Waals surface area contributed by atoms with Gasteiger partial charge in [0, 0.05) is 23.6 Å². The number of H-pyrrole nitrogens is 2. The minimum atomic E-state index is -0.708. The molecule has 4 rings (SSSR count). The monoisotopic (exact) mass is 449 g/mol. The number of aromatic amines is 2. The average Bonchev–Trinajstić information content (AvgIpc) is 3.43. The lowest BCUT2D eigenvalue weighted by molar-refractivity contribution is -0.118. The third kappa shape index (κ3) is 4.34. The van der Waals surface area contributed by atoms with Crippen LogP contribution in [0.25, 0.3) is 10.9 Å². The van der Waals surface area contributed by atoms with Gasteiger partial charge in [0.1, 0.15) is 11.6 Å². The van der Waals surface area contributed by atoms with E-state index < -0.39 is 11.2 Å². The first-order valence-corrected chi connectivity index (χ1v) is 10.9. The van der Waals surface area contributed by atoms with Crippen molar-refractivity contribution in [3.8, 4) is 0 Å². The molecule has 0 atom stereocenters. The summed E-state index contributed by atoms with van der Waals surface area (Å²) in [6.45, 7) is 4.32. The Kier molecular flexibility index (Phi) is 6.21. The van der Waals surface area contributed by atoms with Crippen LogP contribution in [0.1, 0.15) is 36.7 Å². The number of carbonyl (C=O) groups excluding carboxylic acids is 1. The van der Waals surface area contributed by atoms with Gasteiger partial charge >= 0.3 is 5.69 Å². The van der Waals surface area contributed by atoms with E-state index in [1.54, 1.807) is 18.3 Å². The molecule has 0 saturated heterocycles. The molecule has 0 radical (unpaired) electrons. The first-order chi connectivity index (χ1) is 15.9. The van der Waals surface area contributed by atoms with Crippen molar-refractivity contribution in [1.82, 2.24) is 14.5 Å². The molecule has 0 saturated carbocycles. The maximum atomic E-state index is 13.6. The van der Waals surface area contributed by atoms with E-state index in [-0.39, 0.29) is 30.4 Å². The molecule has 33 heavy (non-hydrogen) atoms. The Morgan fingerprint density at radius 3 is 2.76 bits per heavy atom. The molecule has 3 heterocycles. The Bertz CT molecular complexity index is 1390. The number of aryl methyl sites for hydroxylation is 1. The number of anilines is 2. The second-order valence-electron chi connectivity index (χ2n) is 8.05. The zero-order chi connectivity index (χ0) is 23.5. The first kappa shape index (κ1) is 22.2. The number of benzene rings is 1. The molecule has 0 fully saturated rings. The van der Waals surface area contributed by atoms with Crippen LogP contribution >= 0.6 is 0 Å². The highest BCUT2D eigenvalue weighted by atomic mass is 16.3. The van der Waals surface area contributed by atoms with E-state index in [0.717, 1.165) is 28.5 Å². The van der Waals surface area contributed by atoms with Gasteiger partial charge in [-0.3, -0.25) is 24.0 Å². The summed E-state index contributed by atoms with van der Waals surface area (Å²) in [7, 11) is 0. The summed E-state index contributed by atoms with van der Waals surface area (Å²) in [6.07, 6.45) is 4.89. The van der Waals surface area contributed by atoms with Crippen molar-refractivity contribution < 1.29 is 9.21 Å². The van der Waals surface area contributed by atoms with Gasteiger partial charge in [0.15, 0.2) is 5.69 Å². The second-order valence-corrected chi connectivity index (χ2v) is 8.05. The van der Waals surface area contributed by atoms with Crippen LogP contribution in [0.3, 0.4) is 0 Å².